The Morgan fingerprint density at radius 3 is 2.68 bits per heavy atom. The zero-order valence-corrected chi connectivity index (χ0v) is 14.8. The highest BCUT2D eigenvalue weighted by Crippen LogP contribution is 2.20. The standard InChI is InChI=1S/C19H27FN2O3/c1-14-12-16(20)3-2-15(14)13-19(24)22-6-4-17(18(23)5-7-22)21-8-10-25-11-9-21/h2-3,12,17-18,23H,4-11,13H2,1H3/t17-,18-/m0/s1. The Bertz CT molecular complexity index is 604. The highest BCUT2D eigenvalue weighted by atomic mass is 19.1. The molecule has 2 heterocycles. The fraction of sp³-hybridized carbons (Fsp3) is 0.632. The average Bonchev–Trinajstić information content (AvgIpc) is 2.80. The van der Waals surface area contributed by atoms with Crippen molar-refractivity contribution in [2.75, 3.05) is 39.4 Å². The maximum atomic E-state index is 13.2. The molecule has 0 unspecified atom stereocenters. The topological polar surface area (TPSA) is 53.0 Å². The zero-order chi connectivity index (χ0) is 17.8. The summed E-state index contributed by atoms with van der Waals surface area (Å²) in [5, 5.41) is 10.5. The first-order valence-corrected chi connectivity index (χ1v) is 9.07. The van der Waals surface area contributed by atoms with E-state index in [0.29, 0.717) is 32.7 Å². The highest BCUT2D eigenvalue weighted by molar-refractivity contribution is 5.79. The van der Waals surface area contributed by atoms with Gasteiger partial charge in [0, 0.05) is 32.2 Å². The average molecular weight is 350 g/mol. The maximum Gasteiger partial charge on any atom is 0.227 e. The number of halogens is 1. The Morgan fingerprint density at radius 1 is 1.24 bits per heavy atom. The second-order valence-electron chi connectivity index (χ2n) is 6.99. The number of aliphatic hydroxyl groups is 1. The van der Waals surface area contributed by atoms with Crippen LogP contribution in [0.25, 0.3) is 0 Å². The molecule has 6 heteroatoms. The van der Waals surface area contributed by atoms with Gasteiger partial charge >= 0.3 is 0 Å². The second-order valence-corrected chi connectivity index (χ2v) is 6.99. The molecule has 0 spiro atoms. The minimum atomic E-state index is -0.413. The van der Waals surface area contributed by atoms with Crippen LogP contribution in [0.3, 0.4) is 0 Å². The van der Waals surface area contributed by atoms with Gasteiger partial charge in [0.1, 0.15) is 5.82 Å². The Kier molecular flexibility index (Phi) is 6.04. The smallest absolute Gasteiger partial charge is 0.227 e. The first-order chi connectivity index (χ1) is 12.0. The fourth-order valence-electron chi connectivity index (χ4n) is 3.79. The van der Waals surface area contributed by atoms with Gasteiger partial charge in [0.2, 0.25) is 5.91 Å². The largest absolute Gasteiger partial charge is 0.391 e. The maximum absolute atomic E-state index is 13.2. The van der Waals surface area contributed by atoms with Crippen LogP contribution in [0.2, 0.25) is 0 Å². The molecule has 0 aliphatic carbocycles. The van der Waals surface area contributed by atoms with Crippen LogP contribution in [0, 0.1) is 12.7 Å². The molecule has 2 aliphatic heterocycles. The predicted molar refractivity (Wildman–Crippen MR) is 92.8 cm³/mol. The molecule has 25 heavy (non-hydrogen) atoms. The Labute approximate surface area is 148 Å². The summed E-state index contributed by atoms with van der Waals surface area (Å²) >= 11 is 0. The van der Waals surface area contributed by atoms with Gasteiger partial charge in [0.25, 0.3) is 0 Å². The van der Waals surface area contributed by atoms with Gasteiger partial charge < -0.3 is 14.7 Å². The highest BCUT2D eigenvalue weighted by Gasteiger charge is 2.31. The first kappa shape index (κ1) is 18.3. The lowest BCUT2D eigenvalue weighted by atomic mass is 10.0. The molecule has 0 radical (unpaired) electrons. The summed E-state index contributed by atoms with van der Waals surface area (Å²) in [6.07, 6.45) is 1.24. The van der Waals surface area contributed by atoms with Crippen molar-refractivity contribution in [3.63, 3.8) is 0 Å². The van der Waals surface area contributed by atoms with Gasteiger partial charge in [-0.05, 0) is 43.0 Å². The van der Waals surface area contributed by atoms with E-state index in [-0.39, 0.29) is 24.2 Å². The van der Waals surface area contributed by atoms with Crippen LogP contribution >= 0.6 is 0 Å². The predicted octanol–water partition coefficient (Wildman–Crippen LogP) is 1.36. The molecule has 3 rings (SSSR count). The van der Waals surface area contributed by atoms with Crippen LogP contribution in [0.15, 0.2) is 18.2 Å². The van der Waals surface area contributed by atoms with Crippen LogP contribution in [-0.4, -0.2) is 72.4 Å². The third kappa shape index (κ3) is 4.57. The zero-order valence-electron chi connectivity index (χ0n) is 14.8. The van der Waals surface area contributed by atoms with Crippen molar-refractivity contribution < 1.29 is 19.0 Å². The number of hydrogen-bond acceptors (Lipinski definition) is 4. The van der Waals surface area contributed by atoms with Gasteiger partial charge in [-0.3, -0.25) is 9.69 Å². The molecular weight excluding hydrogens is 323 g/mol. The van der Waals surface area contributed by atoms with Crippen molar-refractivity contribution in [1.29, 1.82) is 0 Å². The molecule has 0 saturated carbocycles. The summed E-state index contributed by atoms with van der Waals surface area (Å²) in [6.45, 7) is 6.13. The summed E-state index contributed by atoms with van der Waals surface area (Å²) in [6, 6.07) is 4.64. The van der Waals surface area contributed by atoms with Crippen molar-refractivity contribution in [3.8, 4) is 0 Å². The number of rotatable bonds is 3. The Morgan fingerprint density at radius 2 is 1.96 bits per heavy atom. The van der Waals surface area contributed by atoms with Crippen LogP contribution in [0.4, 0.5) is 4.39 Å². The fourth-order valence-corrected chi connectivity index (χ4v) is 3.79. The Balaban J connectivity index is 1.60. The lowest BCUT2D eigenvalue weighted by Crippen LogP contribution is -2.49. The minimum absolute atomic E-state index is 0.0459. The number of nitrogens with zero attached hydrogens (tertiary/aromatic N) is 2. The summed E-state index contributed by atoms with van der Waals surface area (Å²) in [5.41, 5.74) is 1.66. The molecule has 2 fully saturated rings. The normalized spacial score (nSPS) is 25.6. The van der Waals surface area contributed by atoms with Gasteiger partial charge in [-0.1, -0.05) is 6.07 Å². The van der Waals surface area contributed by atoms with E-state index < -0.39 is 6.10 Å². The molecule has 0 aromatic heterocycles. The number of benzene rings is 1. The van der Waals surface area contributed by atoms with Gasteiger partial charge in [-0.15, -0.1) is 0 Å². The van der Waals surface area contributed by atoms with Crippen LogP contribution in [-0.2, 0) is 16.0 Å². The summed E-state index contributed by atoms with van der Waals surface area (Å²) < 4.78 is 18.6. The van der Waals surface area contributed by atoms with Crippen LogP contribution in [0.1, 0.15) is 24.0 Å². The molecule has 1 aromatic rings. The van der Waals surface area contributed by atoms with E-state index in [4.69, 9.17) is 4.74 Å². The van der Waals surface area contributed by atoms with Crippen molar-refractivity contribution in [2.45, 2.75) is 38.3 Å². The van der Waals surface area contributed by atoms with E-state index in [1.54, 1.807) is 6.07 Å². The van der Waals surface area contributed by atoms with E-state index in [9.17, 15) is 14.3 Å². The van der Waals surface area contributed by atoms with Gasteiger partial charge in [-0.2, -0.15) is 0 Å². The second kappa shape index (κ2) is 8.25. The quantitative estimate of drug-likeness (QED) is 0.894. The Hall–Kier alpha value is -1.50. The minimum Gasteiger partial charge on any atom is -0.391 e. The number of aliphatic hydroxyl groups excluding tert-OH is 1. The van der Waals surface area contributed by atoms with Crippen LogP contribution < -0.4 is 0 Å². The molecule has 2 saturated heterocycles. The number of morpholine rings is 1. The van der Waals surface area contributed by atoms with Crippen molar-refractivity contribution >= 4 is 5.91 Å². The monoisotopic (exact) mass is 350 g/mol. The van der Waals surface area contributed by atoms with Crippen LogP contribution in [0.5, 0.6) is 0 Å². The van der Waals surface area contributed by atoms with E-state index in [1.807, 2.05) is 11.8 Å². The van der Waals surface area contributed by atoms with Gasteiger partial charge in [-0.25, -0.2) is 4.39 Å². The number of likely N-dealkylation sites (tertiary alicyclic amines) is 1. The van der Waals surface area contributed by atoms with Crippen molar-refractivity contribution in [1.82, 2.24) is 9.80 Å². The lowest BCUT2D eigenvalue weighted by Gasteiger charge is -2.36. The van der Waals surface area contributed by atoms with Gasteiger partial charge in [0.15, 0.2) is 0 Å². The number of aryl methyl sites for hydroxylation is 1. The van der Waals surface area contributed by atoms with Crippen molar-refractivity contribution in [2.24, 2.45) is 0 Å². The third-order valence-electron chi connectivity index (χ3n) is 5.35. The summed E-state index contributed by atoms with van der Waals surface area (Å²) in [7, 11) is 0. The number of carbonyl (C=O) groups is 1. The number of hydrogen-bond donors (Lipinski definition) is 1. The van der Waals surface area contributed by atoms with E-state index in [0.717, 1.165) is 30.6 Å². The third-order valence-corrected chi connectivity index (χ3v) is 5.35. The van der Waals surface area contributed by atoms with E-state index in [1.165, 1.54) is 12.1 Å². The molecular formula is C19H27FN2O3. The number of carbonyl (C=O) groups excluding carboxylic acids is 1. The molecule has 1 amide bonds. The molecule has 1 aromatic carbocycles. The van der Waals surface area contributed by atoms with E-state index >= 15 is 0 Å². The lowest BCUT2D eigenvalue weighted by molar-refractivity contribution is -0.130. The molecule has 5 nitrogen and oxygen atoms in total. The molecule has 138 valence electrons. The SMILES string of the molecule is Cc1cc(F)ccc1CC(=O)N1CC[C@H](O)[C@@H](N2CCOCC2)CC1. The van der Waals surface area contributed by atoms with Crippen molar-refractivity contribution in [3.05, 3.63) is 35.1 Å². The molecule has 1 N–H and O–H groups in total. The molecule has 2 aliphatic rings. The molecule has 2 atom stereocenters. The number of amides is 1. The van der Waals surface area contributed by atoms with E-state index in [2.05, 4.69) is 4.90 Å². The first-order valence-electron chi connectivity index (χ1n) is 9.07. The van der Waals surface area contributed by atoms with Gasteiger partial charge in [0.05, 0.1) is 25.7 Å². The number of ether oxygens (including phenoxy) is 1. The summed E-state index contributed by atoms with van der Waals surface area (Å²) in [4.78, 5) is 16.8. The summed E-state index contributed by atoms with van der Waals surface area (Å²) in [5.74, 6) is -0.232. The molecule has 0 bridgehead atoms.